The van der Waals surface area contributed by atoms with Crippen LogP contribution in [0.5, 0.6) is 0 Å². The molecule has 1 N–H and O–H groups in total. The van der Waals surface area contributed by atoms with Crippen LogP contribution < -0.4 is 0 Å². The Hall–Kier alpha value is -0.880. The normalized spacial score (nSPS) is 23.7. The molecule has 1 aliphatic rings. The van der Waals surface area contributed by atoms with Crippen molar-refractivity contribution >= 4 is 6.09 Å². The summed E-state index contributed by atoms with van der Waals surface area (Å²) >= 11 is 0. The SMILES string of the molecule is CC(C)(C)OC(=O)N1C[C@@H](F)C[C@H]1COCCCO. The predicted octanol–water partition coefficient (Wildman–Crippen LogP) is 1.73. The molecule has 6 heteroatoms. The topological polar surface area (TPSA) is 59.0 Å². The summed E-state index contributed by atoms with van der Waals surface area (Å²) in [5, 5.41) is 8.64. The number of aliphatic hydroxyl groups is 1. The molecular formula is C13H24FNO4. The number of amides is 1. The van der Waals surface area contributed by atoms with Gasteiger partial charge in [0.1, 0.15) is 11.8 Å². The maximum Gasteiger partial charge on any atom is 0.410 e. The van der Waals surface area contributed by atoms with Gasteiger partial charge in [0.05, 0.1) is 19.2 Å². The first kappa shape index (κ1) is 16.2. The zero-order chi connectivity index (χ0) is 14.5. The van der Waals surface area contributed by atoms with E-state index >= 15 is 0 Å². The number of likely N-dealkylation sites (tertiary alicyclic amines) is 1. The summed E-state index contributed by atoms with van der Waals surface area (Å²) in [6.45, 7) is 6.14. The number of hydrogen-bond acceptors (Lipinski definition) is 4. The van der Waals surface area contributed by atoms with E-state index in [2.05, 4.69) is 0 Å². The summed E-state index contributed by atoms with van der Waals surface area (Å²) < 4.78 is 24.0. The number of rotatable bonds is 5. The smallest absolute Gasteiger partial charge is 0.410 e. The van der Waals surface area contributed by atoms with Crippen molar-refractivity contribution in [3.8, 4) is 0 Å². The first-order valence-electron chi connectivity index (χ1n) is 6.66. The Bertz CT molecular complexity index is 293. The van der Waals surface area contributed by atoms with Crippen LogP contribution in [0.15, 0.2) is 0 Å². The molecule has 1 heterocycles. The second-order valence-electron chi connectivity index (χ2n) is 5.77. The minimum Gasteiger partial charge on any atom is -0.444 e. The van der Waals surface area contributed by atoms with Crippen LogP contribution in [0.1, 0.15) is 33.6 Å². The van der Waals surface area contributed by atoms with Crippen molar-refractivity contribution in [2.75, 3.05) is 26.4 Å². The number of halogens is 1. The molecule has 0 aromatic rings. The Morgan fingerprint density at radius 2 is 2.16 bits per heavy atom. The van der Waals surface area contributed by atoms with Gasteiger partial charge < -0.3 is 14.6 Å². The summed E-state index contributed by atoms with van der Waals surface area (Å²) in [5.74, 6) is 0. The predicted molar refractivity (Wildman–Crippen MR) is 68.8 cm³/mol. The third-order valence-electron chi connectivity index (χ3n) is 2.75. The van der Waals surface area contributed by atoms with Gasteiger partial charge in [0.15, 0.2) is 0 Å². The Kier molecular flexibility index (Phi) is 6.00. The number of alkyl halides is 1. The zero-order valence-corrected chi connectivity index (χ0v) is 11.9. The summed E-state index contributed by atoms with van der Waals surface area (Å²) in [7, 11) is 0. The van der Waals surface area contributed by atoms with E-state index in [0.717, 1.165) is 0 Å². The van der Waals surface area contributed by atoms with E-state index in [-0.39, 0.29) is 32.2 Å². The fourth-order valence-electron chi connectivity index (χ4n) is 1.95. The Labute approximate surface area is 113 Å². The molecule has 1 rings (SSSR count). The van der Waals surface area contributed by atoms with Crippen LogP contribution >= 0.6 is 0 Å². The van der Waals surface area contributed by atoms with Crippen LogP contribution in [-0.4, -0.2) is 60.3 Å². The van der Waals surface area contributed by atoms with E-state index in [1.807, 2.05) is 0 Å². The highest BCUT2D eigenvalue weighted by molar-refractivity contribution is 5.69. The molecule has 0 unspecified atom stereocenters. The first-order chi connectivity index (χ1) is 8.83. The molecule has 0 bridgehead atoms. The monoisotopic (exact) mass is 277 g/mol. The first-order valence-corrected chi connectivity index (χ1v) is 6.66. The quantitative estimate of drug-likeness (QED) is 0.778. The summed E-state index contributed by atoms with van der Waals surface area (Å²) in [6, 6.07) is -0.288. The van der Waals surface area contributed by atoms with Crippen LogP contribution in [-0.2, 0) is 9.47 Å². The van der Waals surface area contributed by atoms with Gasteiger partial charge in [-0.15, -0.1) is 0 Å². The minimum absolute atomic E-state index is 0.0585. The Balaban J connectivity index is 2.47. The number of aliphatic hydroxyl groups excluding tert-OH is 1. The van der Waals surface area contributed by atoms with E-state index in [1.165, 1.54) is 4.90 Å². The van der Waals surface area contributed by atoms with Crippen molar-refractivity contribution in [1.29, 1.82) is 0 Å². The Morgan fingerprint density at radius 3 is 2.74 bits per heavy atom. The molecule has 0 aliphatic carbocycles. The van der Waals surface area contributed by atoms with Gasteiger partial charge in [0, 0.05) is 19.6 Å². The van der Waals surface area contributed by atoms with Crippen molar-refractivity contribution in [1.82, 2.24) is 4.90 Å². The van der Waals surface area contributed by atoms with Crippen molar-refractivity contribution in [3.05, 3.63) is 0 Å². The van der Waals surface area contributed by atoms with Gasteiger partial charge in [-0.2, -0.15) is 0 Å². The van der Waals surface area contributed by atoms with Crippen LogP contribution in [0.25, 0.3) is 0 Å². The van der Waals surface area contributed by atoms with Crippen molar-refractivity contribution in [2.45, 2.75) is 51.4 Å². The molecule has 0 spiro atoms. The van der Waals surface area contributed by atoms with Crippen LogP contribution in [0.2, 0.25) is 0 Å². The highest BCUT2D eigenvalue weighted by Crippen LogP contribution is 2.23. The lowest BCUT2D eigenvalue weighted by Crippen LogP contribution is -2.42. The van der Waals surface area contributed by atoms with Crippen LogP contribution in [0.4, 0.5) is 9.18 Å². The maximum absolute atomic E-state index is 13.4. The van der Waals surface area contributed by atoms with Crippen molar-refractivity contribution in [3.63, 3.8) is 0 Å². The third-order valence-corrected chi connectivity index (χ3v) is 2.75. The molecule has 19 heavy (non-hydrogen) atoms. The largest absolute Gasteiger partial charge is 0.444 e. The molecule has 112 valence electrons. The summed E-state index contributed by atoms with van der Waals surface area (Å²) in [4.78, 5) is 13.3. The average molecular weight is 277 g/mol. The Morgan fingerprint density at radius 1 is 1.47 bits per heavy atom. The molecule has 5 nitrogen and oxygen atoms in total. The van der Waals surface area contributed by atoms with Gasteiger partial charge in [0.25, 0.3) is 0 Å². The van der Waals surface area contributed by atoms with Gasteiger partial charge in [-0.1, -0.05) is 0 Å². The van der Waals surface area contributed by atoms with Gasteiger partial charge in [-0.05, 0) is 27.2 Å². The zero-order valence-electron chi connectivity index (χ0n) is 11.9. The number of ether oxygens (including phenoxy) is 2. The van der Waals surface area contributed by atoms with Crippen molar-refractivity contribution < 1.29 is 23.8 Å². The molecule has 1 amide bonds. The molecule has 1 fully saturated rings. The standard InChI is InChI=1S/C13H24FNO4/c1-13(2,3)19-12(17)15-8-10(14)7-11(15)9-18-6-4-5-16/h10-11,16H,4-9H2,1-3H3/t10-,11-/m0/s1. The second-order valence-corrected chi connectivity index (χ2v) is 5.77. The summed E-state index contributed by atoms with van der Waals surface area (Å²) in [6.07, 6.45) is -0.710. The lowest BCUT2D eigenvalue weighted by molar-refractivity contribution is 0.00924. The van der Waals surface area contributed by atoms with Crippen molar-refractivity contribution in [2.24, 2.45) is 0 Å². The van der Waals surface area contributed by atoms with Crippen LogP contribution in [0.3, 0.4) is 0 Å². The molecule has 0 saturated carbocycles. The molecular weight excluding hydrogens is 253 g/mol. The molecule has 0 radical (unpaired) electrons. The third kappa shape index (κ3) is 5.74. The van der Waals surface area contributed by atoms with Gasteiger partial charge in [0.2, 0.25) is 0 Å². The number of carbonyl (C=O) groups excluding carboxylic acids is 1. The average Bonchev–Trinajstić information content (AvgIpc) is 2.64. The molecule has 1 aliphatic heterocycles. The maximum atomic E-state index is 13.4. The van der Waals surface area contributed by atoms with Crippen LogP contribution in [0, 0.1) is 0 Å². The van der Waals surface area contributed by atoms with E-state index in [9.17, 15) is 9.18 Å². The lowest BCUT2D eigenvalue weighted by atomic mass is 10.2. The lowest BCUT2D eigenvalue weighted by Gasteiger charge is -2.28. The second kappa shape index (κ2) is 7.05. The minimum atomic E-state index is -1.03. The number of hydrogen-bond donors (Lipinski definition) is 1. The van der Waals surface area contributed by atoms with Gasteiger partial charge >= 0.3 is 6.09 Å². The van der Waals surface area contributed by atoms with E-state index < -0.39 is 17.9 Å². The van der Waals surface area contributed by atoms with E-state index in [1.54, 1.807) is 20.8 Å². The number of carbonyl (C=O) groups is 1. The molecule has 0 aromatic heterocycles. The fourth-order valence-corrected chi connectivity index (χ4v) is 1.95. The highest BCUT2D eigenvalue weighted by atomic mass is 19.1. The fraction of sp³-hybridized carbons (Fsp3) is 0.923. The summed E-state index contributed by atoms with van der Waals surface area (Å²) in [5.41, 5.74) is -0.590. The van der Waals surface area contributed by atoms with Gasteiger partial charge in [-0.25, -0.2) is 9.18 Å². The molecule has 1 saturated heterocycles. The number of nitrogens with zero attached hydrogens (tertiary/aromatic N) is 1. The highest BCUT2D eigenvalue weighted by Gasteiger charge is 2.37. The van der Waals surface area contributed by atoms with E-state index in [4.69, 9.17) is 14.6 Å². The van der Waals surface area contributed by atoms with E-state index in [0.29, 0.717) is 13.0 Å². The molecule has 0 aromatic carbocycles. The molecule has 2 atom stereocenters. The van der Waals surface area contributed by atoms with Gasteiger partial charge in [-0.3, -0.25) is 4.90 Å².